The molecule has 0 spiro atoms. The van der Waals surface area contributed by atoms with Crippen molar-refractivity contribution in [2.75, 3.05) is 0 Å². The fraction of sp³-hybridized carbons (Fsp3) is 0.167. The van der Waals surface area contributed by atoms with E-state index in [4.69, 9.17) is 4.42 Å². The first-order chi connectivity index (χ1) is 8.66. The van der Waals surface area contributed by atoms with Gasteiger partial charge in [0.1, 0.15) is 6.10 Å². The van der Waals surface area contributed by atoms with Crippen LogP contribution in [-0.4, -0.2) is 19.9 Å². The lowest BCUT2D eigenvalue weighted by atomic mass is 10.1. The lowest BCUT2D eigenvalue weighted by molar-refractivity contribution is 0.215. The van der Waals surface area contributed by atoms with Gasteiger partial charge in [0, 0.05) is 13.2 Å². The molecular formula is C12H11N3O3. The lowest BCUT2D eigenvalue weighted by Crippen LogP contribution is -2.08. The number of aliphatic hydroxyl groups excluding tert-OH is 1. The molecule has 0 bridgehead atoms. The molecule has 6 nitrogen and oxygen atoms in total. The molecule has 0 fully saturated rings. The monoisotopic (exact) mass is 245 g/mol. The van der Waals surface area contributed by atoms with E-state index in [1.807, 2.05) is 0 Å². The fourth-order valence-corrected chi connectivity index (χ4v) is 1.92. The molecule has 2 aromatic heterocycles. The molecule has 3 rings (SSSR count). The highest BCUT2D eigenvalue weighted by molar-refractivity contribution is 5.73. The summed E-state index contributed by atoms with van der Waals surface area (Å²) in [7, 11) is 1.64. The molecular weight excluding hydrogens is 234 g/mol. The zero-order valence-corrected chi connectivity index (χ0v) is 9.62. The number of nitrogens with one attached hydrogen (secondary N) is 1. The minimum Gasteiger partial charge on any atom is -0.408 e. The van der Waals surface area contributed by atoms with Gasteiger partial charge in [-0.25, -0.2) is 4.79 Å². The average Bonchev–Trinajstić information content (AvgIpc) is 2.98. The number of aromatic amines is 1. The number of nitrogens with zero attached hydrogens (tertiary/aromatic N) is 2. The topological polar surface area (TPSA) is 84.1 Å². The molecule has 18 heavy (non-hydrogen) atoms. The van der Waals surface area contributed by atoms with E-state index in [0.29, 0.717) is 22.4 Å². The third-order valence-electron chi connectivity index (χ3n) is 2.95. The summed E-state index contributed by atoms with van der Waals surface area (Å²) in [6.07, 6.45) is 0.752. The maximum absolute atomic E-state index is 11.4. The summed E-state index contributed by atoms with van der Waals surface area (Å²) in [5.74, 6) is -0.418. The van der Waals surface area contributed by atoms with Crippen molar-refractivity contribution in [3.05, 3.63) is 52.3 Å². The van der Waals surface area contributed by atoms with Crippen LogP contribution in [-0.2, 0) is 7.05 Å². The summed E-state index contributed by atoms with van der Waals surface area (Å²) in [5.41, 5.74) is 2.38. The molecule has 2 heterocycles. The molecule has 0 saturated carbocycles. The van der Waals surface area contributed by atoms with Crippen LogP contribution in [0.3, 0.4) is 0 Å². The summed E-state index contributed by atoms with van der Waals surface area (Å²) in [4.78, 5) is 11.4. The van der Waals surface area contributed by atoms with Gasteiger partial charge in [0.25, 0.3) is 0 Å². The summed E-state index contributed by atoms with van der Waals surface area (Å²) in [5, 5.41) is 16.6. The molecule has 92 valence electrons. The Hall–Kier alpha value is -2.34. The first kappa shape index (κ1) is 10.8. The smallest absolute Gasteiger partial charge is 0.408 e. The number of aryl methyl sites for hydroxylation is 1. The van der Waals surface area contributed by atoms with Gasteiger partial charge in [-0.1, -0.05) is 6.07 Å². The van der Waals surface area contributed by atoms with E-state index in [9.17, 15) is 9.90 Å². The van der Waals surface area contributed by atoms with E-state index in [-0.39, 0.29) is 0 Å². The van der Waals surface area contributed by atoms with Gasteiger partial charge in [-0.2, -0.15) is 5.10 Å². The highest BCUT2D eigenvalue weighted by Gasteiger charge is 2.14. The number of H-pyrrole nitrogens is 1. The normalized spacial score (nSPS) is 13.0. The number of rotatable bonds is 2. The molecule has 0 amide bonds. The third-order valence-corrected chi connectivity index (χ3v) is 2.95. The largest absolute Gasteiger partial charge is 0.419 e. The van der Waals surface area contributed by atoms with E-state index in [0.717, 1.165) is 0 Å². The van der Waals surface area contributed by atoms with Gasteiger partial charge < -0.3 is 9.52 Å². The number of benzene rings is 1. The van der Waals surface area contributed by atoms with Crippen molar-refractivity contribution in [3.63, 3.8) is 0 Å². The Bertz CT molecular complexity index is 740. The maximum Gasteiger partial charge on any atom is 0.419 e. The molecule has 0 aliphatic heterocycles. The van der Waals surface area contributed by atoms with Crippen molar-refractivity contribution in [3.8, 4) is 0 Å². The zero-order chi connectivity index (χ0) is 12.7. The highest BCUT2D eigenvalue weighted by Crippen LogP contribution is 2.23. The van der Waals surface area contributed by atoms with Crippen LogP contribution in [0.5, 0.6) is 0 Å². The van der Waals surface area contributed by atoms with Crippen LogP contribution >= 0.6 is 0 Å². The van der Waals surface area contributed by atoms with Crippen LogP contribution in [0.2, 0.25) is 0 Å². The number of aromatic nitrogens is 3. The van der Waals surface area contributed by atoms with Crippen LogP contribution < -0.4 is 5.76 Å². The number of fused-ring (bicyclic) bond motifs is 1. The standard InChI is InChI=1S/C12H11N3O3/c1-15-9-3-2-7(6-10(9)18-12(15)17)11(16)8-4-5-13-14-8/h2-6,11,16H,1H3,(H,13,14). The van der Waals surface area contributed by atoms with E-state index in [1.54, 1.807) is 37.5 Å². The minimum atomic E-state index is -0.817. The van der Waals surface area contributed by atoms with Crippen molar-refractivity contribution in [2.24, 2.45) is 7.05 Å². The third kappa shape index (κ3) is 1.54. The van der Waals surface area contributed by atoms with Crippen molar-refractivity contribution in [2.45, 2.75) is 6.10 Å². The molecule has 0 radical (unpaired) electrons. The SMILES string of the molecule is Cn1c(=O)oc2cc(C(O)c3ccn[nH]3)ccc21. The predicted molar refractivity (Wildman–Crippen MR) is 64.1 cm³/mol. The van der Waals surface area contributed by atoms with Gasteiger partial charge in [0.15, 0.2) is 5.58 Å². The maximum atomic E-state index is 11.4. The van der Waals surface area contributed by atoms with Crippen LogP contribution in [0.25, 0.3) is 11.1 Å². The number of oxazole rings is 1. The molecule has 3 aromatic rings. The number of hydrogen-bond donors (Lipinski definition) is 2. The highest BCUT2D eigenvalue weighted by atomic mass is 16.4. The van der Waals surface area contributed by atoms with Gasteiger partial charge in [-0.05, 0) is 23.8 Å². The van der Waals surface area contributed by atoms with Crippen molar-refractivity contribution >= 4 is 11.1 Å². The van der Waals surface area contributed by atoms with Crippen molar-refractivity contribution < 1.29 is 9.52 Å². The van der Waals surface area contributed by atoms with Crippen LogP contribution in [0.1, 0.15) is 17.4 Å². The molecule has 6 heteroatoms. The van der Waals surface area contributed by atoms with E-state index < -0.39 is 11.9 Å². The Labute approximate surface area is 101 Å². The predicted octanol–water partition coefficient (Wildman–Crippen LogP) is 0.936. The van der Waals surface area contributed by atoms with E-state index >= 15 is 0 Å². The Morgan fingerprint density at radius 3 is 3.00 bits per heavy atom. The minimum absolute atomic E-state index is 0.418. The second kappa shape index (κ2) is 3.85. The second-order valence-electron chi connectivity index (χ2n) is 4.07. The van der Waals surface area contributed by atoms with Gasteiger partial charge >= 0.3 is 5.76 Å². The summed E-state index contributed by atoms with van der Waals surface area (Å²) in [6, 6.07) is 6.84. The average molecular weight is 245 g/mol. The van der Waals surface area contributed by atoms with Gasteiger partial charge in [-0.15, -0.1) is 0 Å². The molecule has 0 aliphatic rings. The first-order valence-corrected chi connectivity index (χ1v) is 5.43. The van der Waals surface area contributed by atoms with E-state index in [2.05, 4.69) is 10.2 Å². The molecule has 0 saturated heterocycles. The Kier molecular flexibility index (Phi) is 2.31. The Morgan fingerprint density at radius 1 is 1.44 bits per heavy atom. The summed E-state index contributed by atoms with van der Waals surface area (Å²) in [6.45, 7) is 0. The molecule has 0 aliphatic carbocycles. The molecule has 2 N–H and O–H groups in total. The van der Waals surface area contributed by atoms with Crippen LogP contribution in [0.4, 0.5) is 0 Å². The van der Waals surface area contributed by atoms with Gasteiger partial charge in [0.2, 0.25) is 0 Å². The first-order valence-electron chi connectivity index (χ1n) is 5.43. The molecule has 1 atom stereocenters. The van der Waals surface area contributed by atoms with Crippen molar-refractivity contribution in [1.82, 2.24) is 14.8 Å². The number of hydrogen-bond acceptors (Lipinski definition) is 4. The summed E-state index contributed by atoms with van der Waals surface area (Å²) < 4.78 is 6.50. The molecule has 1 unspecified atom stereocenters. The van der Waals surface area contributed by atoms with Crippen LogP contribution in [0, 0.1) is 0 Å². The summed E-state index contributed by atoms with van der Waals surface area (Å²) >= 11 is 0. The van der Waals surface area contributed by atoms with Gasteiger partial charge in [-0.3, -0.25) is 9.67 Å². The van der Waals surface area contributed by atoms with Crippen molar-refractivity contribution in [1.29, 1.82) is 0 Å². The Balaban J connectivity index is 2.11. The Morgan fingerprint density at radius 2 is 2.28 bits per heavy atom. The lowest BCUT2D eigenvalue weighted by Gasteiger charge is -2.08. The quantitative estimate of drug-likeness (QED) is 0.703. The fourth-order valence-electron chi connectivity index (χ4n) is 1.92. The second-order valence-corrected chi connectivity index (χ2v) is 4.07. The van der Waals surface area contributed by atoms with E-state index in [1.165, 1.54) is 4.57 Å². The number of aliphatic hydroxyl groups is 1. The van der Waals surface area contributed by atoms with Gasteiger partial charge in [0.05, 0.1) is 11.2 Å². The molecule has 1 aromatic carbocycles. The zero-order valence-electron chi connectivity index (χ0n) is 9.62. The van der Waals surface area contributed by atoms with Crippen LogP contribution in [0.15, 0.2) is 39.7 Å².